The van der Waals surface area contributed by atoms with Crippen molar-refractivity contribution >= 4 is 17.6 Å². The number of carbonyl (C=O) groups excluding carboxylic acids is 2. The van der Waals surface area contributed by atoms with Gasteiger partial charge in [-0.2, -0.15) is 9.78 Å². The Morgan fingerprint density at radius 3 is 2.88 bits per heavy atom. The van der Waals surface area contributed by atoms with Crippen LogP contribution in [0, 0.1) is 11.8 Å². The van der Waals surface area contributed by atoms with Gasteiger partial charge in [0.15, 0.2) is 11.5 Å². The van der Waals surface area contributed by atoms with Crippen molar-refractivity contribution in [1.82, 2.24) is 20.1 Å². The van der Waals surface area contributed by atoms with Gasteiger partial charge in [0.25, 0.3) is 11.8 Å². The number of carbonyl (C=O) groups is 2. The first kappa shape index (κ1) is 15.5. The average molecular weight is 326 g/mol. The second kappa shape index (κ2) is 5.68. The Balaban J connectivity index is 1.93. The first-order valence-electron chi connectivity index (χ1n) is 7.05. The van der Waals surface area contributed by atoms with Crippen LogP contribution in [-0.4, -0.2) is 43.8 Å². The SMILES string of the molecule is NC(=O)c1cc(N)n(-c2cc(C#C[C@]3(O)CCNC3=O)ccn2)n1. The molecule has 3 rings (SSSR count). The number of rotatable bonds is 2. The molecule has 0 spiro atoms. The summed E-state index contributed by atoms with van der Waals surface area (Å²) >= 11 is 0. The highest BCUT2D eigenvalue weighted by molar-refractivity contribution is 5.91. The maximum absolute atomic E-state index is 11.6. The number of nitrogens with one attached hydrogen (secondary N) is 1. The van der Waals surface area contributed by atoms with Crippen LogP contribution >= 0.6 is 0 Å². The minimum atomic E-state index is -1.69. The molecule has 0 aliphatic carbocycles. The smallest absolute Gasteiger partial charge is 0.269 e. The van der Waals surface area contributed by atoms with Crippen molar-refractivity contribution in [3.8, 4) is 17.7 Å². The lowest BCUT2D eigenvalue weighted by atomic mass is 10.0. The molecule has 2 amide bonds. The molecule has 9 heteroatoms. The van der Waals surface area contributed by atoms with E-state index in [0.29, 0.717) is 17.9 Å². The molecule has 6 N–H and O–H groups in total. The van der Waals surface area contributed by atoms with E-state index in [1.165, 1.54) is 16.9 Å². The van der Waals surface area contributed by atoms with E-state index >= 15 is 0 Å². The quantitative estimate of drug-likeness (QED) is 0.496. The number of amides is 2. The summed E-state index contributed by atoms with van der Waals surface area (Å²) in [5, 5.41) is 16.6. The lowest BCUT2D eigenvalue weighted by Gasteiger charge is -2.09. The number of pyridine rings is 1. The minimum absolute atomic E-state index is 0.0164. The van der Waals surface area contributed by atoms with Gasteiger partial charge in [0, 0.05) is 30.8 Å². The van der Waals surface area contributed by atoms with Gasteiger partial charge in [-0.15, -0.1) is 0 Å². The molecule has 1 aliphatic rings. The van der Waals surface area contributed by atoms with Crippen molar-refractivity contribution in [2.45, 2.75) is 12.0 Å². The molecule has 122 valence electrons. The van der Waals surface area contributed by atoms with Gasteiger partial charge in [-0.05, 0) is 12.1 Å². The summed E-state index contributed by atoms with van der Waals surface area (Å²) in [5.41, 5.74) is 9.80. The highest BCUT2D eigenvalue weighted by Crippen LogP contribution is 2.16. The van der Waals surface area contributed by atoms with Crippen molar-refractivity contribution in [2.24, 2.45) is 5.73 Å². The Labute approximate surface area is 136 Å². The summed E-state index contributed by atoms with van der Waals surface area (Å²) in [6.07, 6.45) is 1.70. The summed E-state index contributed by atoms with van der Waals surface area (Å²) in [4.78, 5) is 26.8. The number of nitrogen functional groups attached to an aromatic ring is 1. The van der Waals surface area contributed by atoms with Crippen molar-refractivity contribution in [3.05, 3.63) is 35.7 Å². The number of nitrogens with zero attached hydrogens (tertiary/aromatic N) is 3. The third-order valence-corrected chi connectivity index (χ3v) is 3.51. The summed E-state index contributed by atoms with van der Waals surface area (Å²) in [7, 11) is 0. The maximum Gasteiger partial charge on any atom is 0.269 e. The van der Waals surface area contributed by atoms with Crippen molar-refractivity contribution in [2.75, 3.05) is 12.3 Å². The van der Waals surface area contributed by atoms with Crippen LogP contribution in [0.4, 0.5) is 5.82 Å². The van der Waals surface area contributed by atoms with E-state index in [1.807, 2.05) is 0 Å². The van der Waals surface area contributed by atoms with Crippen molar-refractivity contribution in [3.63, 3.8) is 0 Å². The van der Waals surface area contributed by atoms with Crippen LogP contribution in [0.2, 0.25) is 0 Å². The zero-order valence-electron chi connectivity index (χ0n) is 12.5. The highest BCUT2D eigenvalue weighted by atomic mass is 16.3. The third-order valence-electron chi connectivity index (χ3n) is 3.51. The van der Waals surface area contributed by atoms with Crippen LogP contribution in [0.3, 0.4) is 0 Å². The van der Waals surface area contributed by atoms with E-state index < -0.39 is 17.4 Å². The lowest BCUT2D eigenvalue weighted by molar-refractivity contribution is -0.130. The fraction of sp³-hybridized carbons (Fsp3) is 0.200. The Morgan fingerprint density at radius 1 is 1.46 bits per heavy atom. The highest BCUT2D eigenvalue weighted by Gasteiger charge is 2.38. The second-order valence-electron chi connectivity index (χ2n) is 5.25. The molecule has 9 nitrogen and oxygen atoms in total. The molecular weight excluding hydrogens is 312 g/mol. The largest absolute Gasteiger partial charge is 0.384 e. The van der Waals surface area contributed by atoms with E-state index in [1.54, 1.807) is 12.1 Å². The molecule has 0 unspecified atom stereocenters. The van der Waals surface area contributed by atoms with E-state index in [9.17, 15) is 14.7 Å². The molecule has 0 saturated carbocycles. The summed E-state index contributed by atoms with van der Waals surface area (Å²) in [5.74, 6) is 4.62. The zero-order chi connectivity index (χ0) is 17.3. The molecule has 3 heterocycles. The molecule has 0 radical (unpaired) electrons. The predicted octanol–water partition coefficient (Wildman–Crippen LogP) is -1.45. The van der Waals surface area contributed by atoms with Crippen LogP contribution < -0.4 is 16.8 Å². The van der Waals surface area contributed by atoms with Crippen LogP contribution in [0.15, 0.2) is 24.4 Å². The minimum Gasteiger partial charge on any atom is -0.384 e. The Kier molecular flexibility index (Phi) is 3.67. The summed E-state index contributed by atoms with van der Waals surface area (Å²) < 4.78 is 1.25. The van der Waals surface area contributed by atoms with Crippen LogP contribution in [0.25, 0.3) is 5.82 Å². The second-order valence-corrected chi connectivity index (χ2v) is 5.25. The third kappa shape index (κ3) is 2.78. The van der Waals surface area contributed by atoms with Gasteiger partial charge in [0.2, 0.25) is 5.60 Å². The number of anilines is 1. The standard InChI is InChI=1S/C15H14N6O3/c16-11-8-10(13(17)22)20-21(11)12-7-9(2-5-18-12)1-3-15(24)4-6-19-14(15)23/h2,5,7-8,24H,4,6,16H2,(H2,17,22)(H,19,23)/t15-/m0/s1. The fourth-order valence-electron chi connectivity index (χ4n) is 2.22. The average Bonchev–Trinajstić information content (AvgIpc) is 3.10. The van der Waals surface area contributed by atoms with E-state index in [0.717, 1.165) is 0 Å². The molecule has 2 aromatic rings. The Morgan fingerprint density at radius 2 is 2.25 bits per heavy atom. The molecule has 1 saturated heterocycles. The Bertz CT molecular complexity index is 894. The molecule has 1 atom stereocenters. The number of nitrogens with two attached hydrogens (primary N) is 2. The first-order chi connectivity index (χ1) is 11.4. The van der Waals surface area contributed by atoms with Gasteiger partial charge < -0.3 is 21.9 Å². The predicted molar refractivity (Wildman–Crippen MR) is 83.7 cm³/mol. The number of hydrogen-bond acceptors (Lipinski definition) is 6. The van der Waals surface area contributed by atoms with Crippen LogP contribution in [-0.2, 0) is 4.79 Å². The number of aromatic nitrogens is 3. The van der Waals surface area contributed by atoms with Gasteiger partial charge >= 0.3 is 0 Å². The summed E-state index contributed by atoms with van der Waals surface area (Å²) in [6, 6.07) is 4.52. The number of primary amides is 1. The molecule has 1 fully saturated rings. The van der Waals surface area contributed by atoms with Crippen molar-refractivity contribution < 1.29 is 14.7 Å². The van der Waals surface area contributed by atoms with Gasteiger partial charge in [-0.3, -0.25) is 9.59 Å². The molecular formula is C15H14N6O3. The zero-order valence-corrected chi connectivity index (χ0v) is 12.5. The summed E-state index contributed by atoms with van der Waals surface area (Å²) in [6.45, 7) is 0.380. The lowest BCUT2D eigenvalue weighted by Crippen LogP contribution is -2.36. The maximum atomic E-state index is 11.6. The molecule has 1 aliphatic heterocycles. The Hall–Kier alpha value is -3.38. The monoisotopic (exact) mass is 326 g/mol. The van der Waals surface area contributed by atoms with Gasteiger partial charge in [0.05, 0.1) is 0 Å². The molecule has 0 bridgehead atoms. The fourth-order valence-corrected chi connectivity index (χ4v) is 2.22. The van der Waals surface area contributed by atoms with Gasteiger partial charge in [-0.25, -0.2) is 4.98 Å². The molecule has 0 aromatic carbocycles. The number of hydrogen-bond donors (Lipinski definition) is 4. The number of aliphatic hydroxyl groups is 1. The van der Waals surface area contributed by atoms with E-state index in [-0.39, 0.29) is 17.9 Å². The molecule has 24 heavy (non-hydrogen) atoms. The van der Waals surface area contributed by atoms with E-state index in [2.05, 4.69) is 27.2 Å². The van der Waals surface area contributed by atoms with Gasteiger partial charge in [-0.1, -0.05) is 11.8 Å². The van der Waals surface area contributed by atoms with E-state index in [4.69, 9.17) is 11.5 Å². The molecule has 2 aromatic heterocycles. The van der Waals surface area contributed by atoms with Crippen LogP contribution in [0.1, 0.15) is 22.5 Å². The van der Waals surface area contributed by atoms with Crippen molar-refractivity contribution in [1.29, 1.82) is 0 Å². The normalized spacial score (nSPS) is 19.5. The van der Waals surface area contributed by atoms with Gasteiger partial charge in [0.1, 0.15) is 5.82 Å². The van der Waals surface area contributed by atoms with Crippen LogP contribution in [0.5, 0.6) is 0 Å². The first-order valence-corrected chi connectivity index (χ1v) is 7.05. The topological polar surface area (TPSA) is 149 Å².